The number of hydrogen-bond donors (Lipinski definition) is 0. The van der Waals surface area contributed by atoms with Crippen LogP contribution in [0.5, 0.6) is 5.75 Å². The van der Waals surface area contributed by atoms with Crippen molar-refractivity contribution in [3.63, 3.8) is 0 Å². The molecule has 0 fully saturated rings. The van der Waals surface area contributed by atoms with Crippen LogP contribution in [0.2, 0.25) is 0 Å². The summed E-state index contributed by atoms with van der Waals surface area (Å²) in [5.74, 6) is 1.07. The molecule has 1 aromatic carbocycles. The molecule has 0 spiro atoms. The van der Waals surface area contributed by atoms with Crippen molar-refractivity contribution in [3.05, 3.63) is 29.3 Å². The molecule has 3 heteroatoms. The van der Waals surface area contributed by atoms with E-state index < -0.39 is 0 Å². The first-order valence-electron chi connectivity index (χ1n) is 3.30. The van der Waals surface area contributed by atoms with E-state index in [1.165, 1.54) is 0 Å². The molecule has 3 rings (SSSR count). The van der Waals surface area contributed by atoms with Crippen LogP contribution in [0.1, 0.15) is 15.9 Å². The summed E-state index contributed by atoms with van der Waals surface area (Å²) in [5.41, 5.74) is 1.56. The van der Waals surface area contributed by atoms with E-state index in [0.29, 0.717) is 11.5 Å². The lowest BCUT2D eigenvalue weighted by Gasteiger charge is -2.17. The zero-order valence-corrected chi connectivity index (χ0v) is 5.50. The molecule has 1 amide bonds. The number of amides is 1. The van der Waals surface area contributed by atoms with Crippen LogP contribution >= 0.6 is 0 Å². The van der Waals surface area contributed by atoms with Crippen molar-refractivity contribution in [3.8, 4) is 5.75 Å². The number of carbonyl (C=O) groups excluding carboxylic acids is 1. The molecule has 1 aromatic rings. The first kappa shape index (κ1) is 5.07. The van der Waals surface area contributed by atoms with E-state index in [4.69, 9.17) is 4.74 Å². The van der Waals surface area contributed by atoms with Crippen molar-refractivity contribution in [2.45, 2.75) is 0 Å². The molecule has 0 saturated heterocycles. The fourth-order valence-electron chi connectivity index (χ4n) is 1.36. The van der Waals surface area contributed by atoms with Crippen LogP contribution in [0.4, 0.5) is 0 Å². The fraction of sp³-hybridized carbons (Fsp3) is 0. The van der Waals surface area contributed by atoms with Gasteiger partial charge in [-0.25, -0.2) is 0 Å². The number of hydrogen-bond acceptors (Lipinski definition) is 2. The normalized spacial score (nSPS) is 16.7. The molecular formula is C8H3NO2. The highest BCUT2D eigenvalue weighted by molar-refractivity contribution is 6.23. The highest BCUT2D eigenvalue weighted by Crippen LogP contribution is 2.36. The third-order valence-electron chi connectivity index (χ3n) is 1.88. The summed E-state index contributed by atoms with van der Waals surface area (Å²) in [6, 6.07) is 5.39. The van der Waals surface area contributed by atoms with Gasteiger partial charge in [0.15, 0.2) is 0 Å². The van der Waals surface area contributed by atoms with Gasteiger partial charge in [-0.15, -0.1) is 0 Å². The summed E-state index contributed by atoms with van der Waals surface area (Å²) in [6.45, 7) is 0. The van der Waals surface area contributed by atoms with E-state index in [2.05, 4.69) is 4.99 Å². The monoisotopic (exact) mass is 145 g/mol. The Morgan fingerprint density at radius 3 is 3.09 bits per heavy atom. The first-order valence-corrected chi connectivity index (χ1v) is 3.30. The second-order valence-electron chi connectivity index (χ2n) is 2.50. The van der Waals surface area contributed by atoms with E-state index >= 15 is 0 Å². The molecule has 2 heterocycles. The van der Waals surface area contributed by atoms with Gasteiger partial charge in [0, 0.05) is 0 Å². The molecule has 52 valence electrons. The molecule has 0 aromatic heterocycles. The zero-order chi connectivity index (χ0) is 7.42. The summed E-state index contributed by atoms with van der Waals surface area (Å²) >= 11 is 0. The van der Waals surface area contributed by atoms with Gasteiger partial charge in [-0.2, -0.15) is 4.99 Å². The van der Waals surface area contributed by atoms with Crippen molar-refractivity contribution in [1.82, 2.24) is 0 Å². The van der Waals surface area contributed by atoms with Crippen LogP contribution in [0.25, 0.3) is 0 Å². The minimum atomic E-state index is -0.186. The molecule has 11 heavy (non-hydrogen) atoms. The van der Waals surface area contributed by atoms with Gasteiger partial charge in [-0.05, 0) is 12.1 Å². The number of benzene rings is 1. The maximum Gasteiger partial charge on any atom is 0.281 e. The Hall–Kier alpha value is -1.64. The number of aliphatic imine (C=N–C) groups is 1. The molecule has 0 aliphatic carbocycles. The van der Waals surface area contributed by atoms with Crippen molar-refractivity contribution in [2.75, 3.05) is 0 Å². The minimum Gasteiger partial charge on any atom is -0.437 e. The Morgan fingerprint density at radius 2 is 2.27 bits per heavy atom. The second-order valence-corrected chi connectivity index (χ2v) is 2.50. The van der Waals surface area contributed by atoms with Gasteiger partial charge in [0.1, 0.15) is 5.75 Å². The summed E-state index contributed by atoms with van der Waals surface area (Å²) in [5, 5.41) is 0. The topological polar surface area (TPSA) is 38.7 Å². The summed E-state index contributed by atoms with van der Waals surface area (Å²) in [7, 11) is 0. The summed E-state index contributed by atoms with van der Waals surface area (Å²) in [4.78, 5) is 14.7. The average molecular weight is 145 g/mol. The summed E-state index contributed by atoms with van der Waals surface area (Å²) < 4.78 is 5.09. The van der Waals surface area contributed by atoms with Gasteiger partial charge < -0.3 is 4.74 Å². The molecule has 0 unspecified atom stereocenters. The van der Waals surface area contributed by atoms with Crippen molar-refractivity contribution >= 4 is 11.8 Å². The molecule has 2 aliphatic heterocycles. The van der Waals surface area contributed by atoms with Crippen LogP contribution in [0.15, 0.2) is 23.2 Å². The minimum absolute atomic E-state index is 0.186. The van der Waals surface area contributed by atoms with Crippen LogP contribution in [0.3, 0.4) is 0 Å². The smallest absolute Gasteiger partial charge is 0.281 e. The number of carbonyl (C=O) groups is 1. The van der Waals surface area contributed by atoms with Crippen LogP contribution < -0.4 is 4.74 Å². The maximum absolute atomic E-state index is 11.0. The third-order valence-corrected chi connectivity index (χ3v) is 1.88. The summed E-state index contributed by atoms with van der Waals surface area (Å²) in [6.07, 6.45) is 0. The molecule has 3 nitrogen and oxygen atoms in total. The molecular weight excluding hydrogens is 142 g/mol. The highest BCUT2D eigenvalue weighted by Gasteiger charge is 2.35. The van der Waals surface area contributed by atoms with E-state index in [0.717, 1.165) is 11.3 Å². The van der Waals surface area contributed by atoms with Crippen LogP contribution in [-0.2, 0) is 0 Å². The van der Waals surface area contributed by atoms with Gasteiger partial charge in [0.05, 0.1) is 11.1 Å². The first-order chi connectivity index (χ1) is 5.36. The lowest BCUT2D eigenvalue weighted by Crippen LogP contribution is -2.19. The Labute approximate surface area is 62.3 Å². The quantitative estimate of drug-likeness (QED) is 0.545. The second kappa shape index (κ2) is 1.34. The standard InChI is InChI=1S/C8H3NO2/c10-7-4-2-1-3-5-6(4)8(9-7)11-5/h1-3H. The predicted molar refractivity (Wildman–Crippen MR) is 37.9 cm³/mol. The Balaban J connectivity index is 2.47. The van der Waals surface area contributed by atoms with Gasteiger partial charge in [-0.3, -0.25) is 4.79 Å². The zero-order valence-electron chi connectivity index (χ0n) is 5.50. The molecule has 0 saturated carbocycles. The molecule has 2 aliphatic rings. The third kappa shape index (κ3) is 0.420. The maximum atomic E-state index is 11.0. The van der Waals surface area contributed by atoms with Crippen molar-refractivity contribution < 1.29 is 9.53 Å². The number of nitrogens with zero attached hydrogens (tertiary/aromatic N) is 1. The van der Waals surface area contributed by atoms with Gasteiger partial charge >= 0.3 is 0 Å². The number of ether oxygens (including phenoxy) is 1. The highest BCUT2D eigenvalue weighted by atomic mass is 16.5. The number of rotatable bonds is 0. The van der Waals surface area contributed by atoms with E-state index in [9.17, 15) is 4.79 Å². The van der Waals surface area contributed by atoms with Crippen molar-refractivity contribution in [1.29, 1.82) is 0 Å². The lowest BCUT2D eigenvalue weighted by molar-refractivity contribution is 0.101. The Morgan fingerprint density at radius 1 is 1.36 bits per heavy atom. The van der Waals surface area contributed by atoms with Gasteiger partial charge in [0.2, 0.25) is 5.90 Å². The van der Waals surface area contributed by atoms with Gasteiger partial charge in [0.25, 0.3) is 5.91 Å². The van der Waals surface area contributed by atoms with Crippen LogP contribution in [0, 0.1) is 0 Å². The molecule has 0 bridgehead atoms. The Kier molecular flexibility index (Phi) is 0.619. The molecule has 0 atom stereocenters. The van der Waals surface area contributed by atoms with E-state index in [1.807, 2.05) is 6.07 Å². The van der Waals surface area contributed by atoms with Crippen molar-refractivity contribution in [2.24, 2.45) is 4.99 Å². The van der Waals surface area contributed by atoms with E-state index in [-0.39, 0.29) is 5.91 Å². The predicted octanol–water partition coefficient (Wildman–Crippen LogP) is 0.979. The SMILES string of the molecule is O=C1N=C2Oc3cccc1c32. The fourth-order valence-corrected chi connectivity index (χ4v) is 1.36. The largest absolute Gasteiger partial charge is 0.437 e. The lowest BCUT2D eigenvalue weighted by atomic mass is 10.1. The molecule has 0 N–H and O–H groups in total. The van der Waals surface area contributed by atoms with Gasteiger partial charge in [-0.1, -0.05) is 6.07 Å². The Bertz CT molecular complexity index is 407. The average Bonchev–Trinajstić information content (AvgIpc) is 2.25. The van der Waals surface area contributed by atoms with E-state index in [1.54, 1.807) is 12.1 Å². The molecule has 0 radical (unpaired) electrons. The van der Waals surface area contributed by atoms with Crippen LogP contribution in [-0.4, -0.2) is 11.8 Å².